The van der Waals surface area contributed by atoms with Crippen molar-refractivity contribution in [1.29, 1.82) is 0 Å². The zero-order valence-corrected chi connectivity index (χ0v) is 12.2. The van der Waals surface area contributed by atoms with Crippen molar-refractivity contribution in [3.05, 3.63) is 70.8 Å². The van der Waals surface area contributed by atoms with Crippen LogP contribution in [0, 0.1) is 6.92 Å². The van der Waals surface area contributed by atoms with E-state index in [-0.39, 0.29) is 5.56 Å². The second-order valence-electron chi connectivity index (χ2n) is 4.31. The van der Waals surface area contributed by atoms with Crippen molar-refractivity contribution in [3.8, 4) is 0 Å². The van der Waals surface area contributed by atoms with Gasteiger partial charge >= 0.3 is 11.9 Å². The minimum absolute atomic E-state index is 0.281. The van der Waals surface area contributed by atoms with Crippen LogP contribution in [0.4, 0.5) is 0 Å². The van der Waals surface area contributed by atoms with Gasteiger partial charge in [0.1, 0.15) is 0 Å². The average Bonchev–Trinajstić information content (AvgIpc) is 2.48. The molecule has 0 aliphatic rings. The lowest BCUT2D eigenvalue weighted by molar-refractivity contribution is 0.0686. The quantitative estimate of drug-likeness (QED) is 0.845. The van der Waals surface area contributed by atoms with Gasteiger partial charge in [-0.1, -0.05) is 29.8 Å². The van der Waals surface area contributed by atoms with Gasteiger partial charge in [-0.25, -0.2) is 9.59 Å². The third-order valence-electron chi connectivity index (χ3n) is 2.59. The summed E-state index contributed by atoms with van der Waals surface area (Å²) in [6.45, 7) is 1.87. The highest BCUT2D eigenvalue weighted by molar-refractivity contribution is 6.17. The number of benzene rings is 2. The van der Waals surface area contributed by atoms with Crippen molar-refractivity contribution < 1.29 is 19.8 Å². The first-order valence-corrected chi connectivity index (χ1v) is 6.65. The number of hydrogen-bond donors (Lipinski definition) is 2. The summed E-state index contributed by atoms with van der Waals surface area (Å²) >= 11 is 5.51. The topological polar surface area (TPSA) is 74.6 Å². The largest absolute Gasteiger partial charge is 0.478 e. The van der Waals surface area contributed by atoms with Gasteiger partial charge in [-0.15, -0.1) is 11.6 Å². The van der Waals surface area contributed by atoms with E-state index in [1.54, 1.807) is 42.5 Å². The first kappa shape index (κ1) is 16.7. The lowest BCUT2D eigenvalue weighted by Crippen LogP contribution is -1.95. The molecule has 0 bridgehead atoms. The van der Waals surface area contributed by atoms with Gasteiger partial charge in [-0.2, -0.15) is 0 Å². The molecular formula is C16H15ClO4. The molecule has 0 fully saturated rings. The molecule has 21 heavy (non-hydrogen) atoms. The van der Waals surface area contributed by atoms with E-state index < -0.39 is 11.9 Å². The Morgan fingerprint density at radius 3 is 1.90 bits per heavy atom. The van der Waals surface area contributed by atoms with Crippen LogP contribution in [0.25, 0.3) is 0 Å². The van der Waals surface area contributed by atoms with Gasteiger partial charge in [0, 0.05) is 5.88 Å². The van der Waals surface area contributed by atoms with Crippen LogP contribution in [0.5, 0.6) is 0 Å². The van der Waals surface area contributed by atoms with E-state index in [4.69, 9.17) is 21.8 Å². The normalized spacial score (nSPS) is 9.43. The Bertz CT molecular complexity index is 638. The predicted octanol–water partition coefficient (Wildman–Crippen LogP) is 3.82. The van der Waals surface area contributed by atoms with E-state index in [1.807, 2.05) is 13.0 Å². The van der Waals surface area contributed by atoms with Crippen LogP contribution in [-0.2, 0) is 5.88 Å². The first-order valence-electron chi connectivity index (χ1n) is 6.12. The van der Waals surface area contributed by atoms with Crippen LogP contribution < -0.4 is 0 Å². The number of carbonyl (C=O) groups is 2. The van der Waals surface area contributed by atoms with Gasteiger partial charge in [0.05, 0.1) is 11.1 Å². The van der Waals surface area contributed by atoms with Gasteiger partial charge in [0.15, 0.2) is 0 Å². The van der Waals surface area contributed by atoms with Gasteiger partial charge in [0.2, 0.25) is 0 Å². The minimum atomic E-state index is -0.919. The molecule has 0 saturated heterocycles. The highest BCUT2D eigenvalue weighted by Gasteiger charge is 2.01. The monoisotopic (exact) mass is 306 g/mol. The van der Waals surface area contributed by atoms with E-state index in [0.717, 1.165) is 11.1 Å². The second kappa shape index (κ2) is 8.07. The van der Waals surface area contributed by atoms with E-state index in [2.05, 4.69) is 0 Å². The fourth-order valence-corrected chi connectivity index (χ4v) is 1.73. The number of halogens is 1. The molecule has 0 spiro atoms. The highest BCUT2D eigenvalue weighted by Crippen LogP contribution is 2.07. The van der Waals surface area contributed by atoms with E-state index in [0.29, 0.717) is 11.4 Å². The number of aromatic carboxylic acids is 2. The Balaban J connectivity index is 0.000000211. The molecule has 0 heterocycles. The molecule has 110 valence electrons. The summed E-state index contributed by atoms with van der Waals surface area (Å²) in [7, 11) is 0. The first-order chi connectivity index (χ1) is 9.93. The minimum Gasteiger partial charge on any atom is -0.478 e. The van der Waals surface area contributed by atoms with Crippen LogP contribution in [0.3, 0.4) is 0 Å². The third-order valence-corrected chi connectivity index (χ3v) is 2.90. The summed E-state index contributed by atoms with van der Waals surface area (Å²) in [5.41, 5.74) is 2.43. The maximum absolute atomic E-state index is 10.4. The fraction of sp³-hybridized carbons (Fsp3) is 0.125. The van der Waals surface area contributed by atoms with Crippen LogP contribution in [-0.4, -0.2) is 22.2 Å². The summed E-state index contributed by atoms with van der Waals surface area (Å²) in [6.07, 6.45) is 0. The zero-order valence-electron chi connectivity index (χ0n) is 11.4. The molecule has 2 aromatic carbocycles. The molecule has 0 amide bonds. The fourth-order valence-electron chi connectivity index (χ4n) is 1.57. The maximum Gasteiger partial charge on any atom is 0.335 e. The molecule has 2 aromatic rings. The average molecular weight is 307 g/mol. The molecule has 0 aromatic heterocycles. The molecule has 5 heteroatoms. The summed E-state index contributed by atoms with van der Waals surface area (Å²) < 4.78 is 0. The van der Waals surface area contributed by atoms with E-state index >= 15 is 0 Å². The number of carboxylic acid groups (broad SMARTS) is 2. The second-order valence-corrected chi connectivity index (χ2v) is 4.58. The van der Waals surface area contributed by atoms with Crippen molar-refractivity contribution in [2.45, 2.75) is 12.8 Å². The maximum atomic E-state index is 10.4. The standard InChI is InChI=1S/C8H7ClO2.C8H8O2/c9-5-6-2-1-3-7(4-6)8(10)11;1-6-3-2-4-7(5-6)8(9)10/h1-4H,5H2,(H,10,11);2-5H,1H3,(H,9,10). The van der Waals surface area contributed by atoms with Crippen molar-refractivity contribution in [2.24, 2.45) is 0 Å². The molecule has 0 aliphatic carbocycles. The Labute approximate surface area is 127 Å². The van der Waals surface area contributed by atoms with Crippen molar-refractivity contribution in [2.75, 3.05) is 0 Å². The van der Waals surface area contributed by atoms with Crippen molar-refractivity contribution in [1.82, 2.24) is 0 Å². The van der Waals surface area contributed by atoms with Crippen LogP contribution in [0.2, 0.25) is 0 Å². The van der Waals surface area contributed by atoms with E-state index in [1.165, 1.54) is 0 Å². The molecular weight excluding hydrogens is 292 g/mol. The Kier molecular flexibility index (Phi) is 6.43. The SMILES string of the molecule is Cc1cccc(C(=O)O)c1.O=C(O)c1cccc(CCl)c1. The van der Waals surface area contributed by atoms with E-state index in [9.17, 15) is 9.59 Å². The lowest BCUT2D eigenvalue weighted by atomic mass is 10.1. The molecule has 0 saturated carbocycles. The zero-order chi connectivity index (χ0) is 15.8. The molecule has 0 atom stereocenters. The summed E-state index contributed by atoms with van der Waals surface area (Å²) in [5, 5.41) is 17.1. The molecule has 0 aliphatic heterocycles. The molecule has 0 radical (unpaired) electrons. The number of alkyl halides is 1. The van der Waals surface area contributed by atoms with Crippen LogP contribution in [0.15, 0.2) is 48.5 Å². The number of hydrogen-bond acceptors (Lipinski definition) is 2. The molecule has 2 rings (SSSR count). The Morgan fingerprint density at radius 1 is 0.952 bits per heavy atom. The number of aryl methyl sites for hydroxylation is 1. The summed E-state index contributed by atoms with van der Waals surface area (Å²) in [6, 6.07) is 13.4. The predicted molar refractivity (Wildman–Crippen MR) is 81.1 cm³/mol. The molecule has 2 N–H and O–H groups in total. The van der Waals surface area contributed by atoms with Gasteiger partial charge in [0.25, 0.3) is 0 Å². The lowest BCUT2D eigenvalue weighted by Gasteiger charge is -1.96. The van der Waals surface area contributed by atoms with Crippen LogP contribution >= 0.6 is 11.6 Å². The van der Waals surface area contributed by atoms with Gasteiger partial charge in [-0.3, -0.25) is 0 Å². The summed E-state index contributed by atoms with van der Waals surface area (Å²) in [4.78, 5) is 20.8. The van der Waals surface area contributed by atoms with Gasteiger partial charge < -0.3 is 10.2 Å². The summed E-state index contributed by atoms with van der Waals surface area (Å²) in [5.74, 6) is -1.44. The number of carboxylic acids is 2. The van der Waals surface area contributed by atoms with Crippen molar-refractivity contribution in [3.63, 3.8) is 0 Å². The highest BCUT2D eigenvalue weighted by atomic mass is 35.5. The molecule has 4 nitrogen and oxygen atoms in total. The third kappa shape index (κ3) is 5.67. The Hall–Kier alpha value is -2.33. The smallest absolute Gasteiger partial charge is 0.335 e. The van der Waals surface area contributed by atoms with Crippen LogP contribution in [0.1, 0.15) is 31.8 Å². The van der Waals surface area contributed by atoms with Gasteiger partial charge in [-0.05, 0) is 36.8 Å². The number of rotatable bonds is 3. The van der Waals surface area contributed by atoms with Crippen molar-refractivity contribution >= 4 is 23.5 Å². The Morgan fingerprint density at radius 2 is 1.48 bits per heavy atom. The molecule has 0 unspecified atom stereocenters.